The molecule has 83 heavy (non-hydrogen) atoms. The number of rotatable bonds is 18. The number of nitrogens with zero attached hydrogens (tertiary/aromatic N) is 11. The molecule has 2 amide bonds. The van der Waals surface area contributed by atoms with Crippen LogP contribution in [0.2, 0.25) is 0 Å². The van der Waals surface area contributed by atoms with Gasteiger partial charge in [0.1, 0.15) is 11.4 Å². The first-order chi connectivity index (χ1) is 40.5. The number of pyridine rings is 2. The number of likely N-dealkylation sites (tertiary alicyclic amines) is 2. The predicted molar refractivity (Wildman–Crippen MR) is 325 cm³/mol. The van der Waals surface area contributed by atoms with E-state index in [4.69, 9.17) is 45.9 Å². The summed E-state index contributed by atoms with van der Waals surface area (Å²) in [5.74, 6) is 0.501. The quantitative estimate of drug-likeness (QED) is 0.0511. The Morgan fingerprint density at radius 1 is 0.614 bits per heavy atom. The average molecular weight is 1130 g/mol. The Morgan fingerprint density at radius 3 is 1.77 bits per heavy atom. The highest BCUT2D eigenvalue weighted by Crippen LogP contribution is 2.42. The van der Waals surface area contributed by atoms with Crippen molar-refractivity contribution in [2.24, 2.45) is 16.9 Å². The third kappa shape index (κ3) is 13.1. The molecule has 0 saturated carbocycles. The number of anilines is 8. The van der Waals surface area contributed by atoms with Crippen molar-refractivity contribution in [2.75, 3.05) is 137 Å². The number of carbonyl (C=O) groups excluding carboxylic acids is 2. The number of hydrogen-bond acceptors (Lipinski definition) is 19. The number of piperazine rings is 1. The molecule has 4 aromatic heterocycles. The summed E-state index contributed by atoms with van der Waals surface area (Å²) in [5.41, 5.74) is 21.4. The molecular formula is C62H79N17O4. The monoisotopic (exact) mass is 1130 g/mol. The van der Waals surface area contributed by atoms with Crippen molar-refractivity contribution in [3.63, 3.8) is 0 Å². The van der Waals surface area contributed by atoms with Crippen LogP contribution in [0.1, 0.15) is 83.6 Å². The van der Waals surface area contributed by atoms with Gasteiger partial charge in [-0.05, 0) is 156 Å². The third-order valence-electron chi connectivity index (χ3n) is 17.9. The predicted octanol–water partition coefficient (Wildman–Crippen LogP) is 6.93. The molecule has 6 aliphatic heterocycles. The van der Waals surface area contributed by atoms with Crippen LogP contribution in [0.3, 0.4) is 0 Å². The van der Waals surface area contributed by atoms with E-state index >= 15 is 0 Å². The van der Waals surface area contributed by atoms with E-state index in [0.29, 0.717) is 72.5 Å². The maximum atomic E-state index is 13.1. The first-order valence-electron chi connectivity index (χ1n) is 29.9. The summed E-state index contributed by atoms with van der Waals surface area (Å²) in [4.78, 5) is 67.3. The molecule has 6 saturated heterocycles. The highest BCUT2D eigenvalue weighted by atomic mass is 16.5. The van der Waals surface area contributed by atoms with Crippen LogP contribution >= 0.6 is 0 Å². The maximum Gasteiger partial charge on any atom is 0.271 e. The zero-order valence-electron chi connectivity index (χ0n) is 48.0. The van der Waals surface area contributed by atoms with Crippen molar-refractivity contribution in [1.82, 2.24) is 44.6 Å². The van der Waals surface area contributed by atoms with Crippen LogP contribution in [0, 0.1) is 12.3 Å². The number of nitrogens with two attached hydrogens (primary N) is 2. The lowest BCUT2D eigenvalue weighted by Gasteiger charge is -2.55. The Bertz CT molecular complexity index is 3220. The topological polar surface area (TPSA) is 246 Å². The Hall–Kier alpha value is -7.56. The van der Waals surface area contributed by atoms with Gasteiger partial charge in [0.2, 0.25) is 0 Å². The number of nitrogens with one attached hydrogen (secondary N) is 4. The normalized spacial score (nSPS) is 19.5. The molecule has 0 atom stereocenters. The van der Waals surface area contributed by atoms with Gasteiger partial charge in [0.25, 0.3) is 11.8 Å². The van der Waals surface area contributed by atoms with Crippen molar-refractivity contribution in [1.29, 1.82) is 0 Å². The van der Waals surface area contributed by atoms with Crippen LogP contribution < -0.4 is 42.5 Å². The van der Waals surface area contributed by atoms with Crippen molar-refractivity contribution in [3.8, 4) is 22.5 Å². The molecule has 6 aromatic rings. The number of primary amides is 2. The zero-order valence-corrected chi connectivity index (χ0v) is 48.0. The number of hydrogen-bond donors (Lipinski definition) is 6. The van der Waals surface area contributed by atoms with Crippen LogP contribution in [0.4, 0.5) is 46.0 Å². The molecule has 8 N–H and O–H groups in total. The number of benzene rings is 2. The lowest BCUT2D eigenvalue weighted by atomic mass is 9.71. The highest BCUT2D eigenvalue weighted by Gasteiger charge is 2.45. The molecule has 1 spiro atoms. The van der Waals surface area contributed by atoms with Gasteiger partial charge in [0, 0.05) is 168 Å². The van der Waals surface area contributed by atoms with E-state index in [2.05, 4.69) is 101 Å². The summed E-state index contributed by atoms with van der Waals surface area (Å²) in [6, 6.07) is 23.2. The first-order valence-corrected chi connectivity index (χ1v) is 29.9. The zero-order chi connectivity index (χ0) is 56.9. The van der Waals surface area contributed by atoms with E-state index in [1.54, 1.807) is 12.4 Å². The Kier molecular flexibility index (Phi) is 16.9. The summed E-state index contributed by atoms with van der Waals surface area (Å²) in [5, 5.41) is 14.0. The molecule has 0 aliphatic carbocycles. The molecule has 6 aliphatic rings. The van der Waals surface area contributed by atoms with Gasteiger partial charge in [-0.3, -0.25) is 19.6 Å². The van der Waals surface area contributed by atoms with Crippen LogP contribution in [-0.4, -0.2) is 180 Å². The number of ether oxygens (including phenoxy) is 2. The Morgan fingerprint density at radius 2 is 1.18 bits per heavy atom. The summed E-state index contributed by atoms with van der Waals surface area (Å²) >= 11 is 0. The molecule has 6 fully saturated rings. The molecule has 10 heterocycles. The fourth-order valence-corrected chi connectivity index (χ4v) is 13.0. The van der Waals surface area contributed by atoms with Crippen molar-refractivity contribution >= 4 is 57.8 Å². The van der Waals surface area contributed by atoms with E-state index in [1.807, 2.05) is 36.5 Å². The minimum absolute atomic E-state index is 0.0751. The number of amides is 2. The van der Waals surface area contributed by atoms with Gasteiger partial charge in [0.15, 0.2) is 34.7 Å². The SMILES string of the molecule is Cc1cc(Nc2nc(NC3CCOCC3)c(-c3ccncc3)nc2C(N)=O)ccc1N1CCC(N2CCC3(CC2)CN(CCc2cc(-c4nc(C(N)=O)c(Nc5ccc(N6CCN(C)CC6)cc5)nc4NC4CCOCC4)ccn2)C3)CC1. The minimum atomic E-state index is -0.658. The number of aromatic nitrogens is 6. The second-order valence-electron chi connectivity index (χ2n) is 23.6. The third-order valence-corrected chi connectivity index (χ3v) is 17.9. The maximum absolute atomic E-state index is 13.1. The average Bonchev–Trinajstić information content (AvgIpc) is 3.65. The molecule has 2 aromatic carbocycles. The smallest absolute Gasteiger partial charge is 0.271 e. The molecule has 12 rings (SSSR count). The molecule has 0 unspecified atom stereocenters. The van der Waals surface area contributed by atoms with E-state index in [0.717, 1.165) is 156 Å². The largest absolute Gasteiger partial charge is 0.381 e. The van der Waals surface area contributed by atoms with E-state index in [1.165, 1.54) is 18.5 Å². The summed E-state index contributed by atoms with van der Waals surface area (Å²) < 4.78 is 11.3. The van der Waals surface area contributed by atoms with Crippen LogP contribution in [0.25, 0.3) is 22.5 Å². The Labute approximate surface area is 486 Å². The van der Waals surface area contributed by atoms with Crippen LogP contribution in [0.15, 0.2) is 85.3 Å². The second kappa shape index (κ2) is 25.1. The Balaban J connectivity index is 0.636. The van der Waals surface area contributed by atoms with E-state index in [-0.39, 0.29) is 23.5 Å². The number of piperidine rings is 2. The van der Waals surface area contributed by atoms with Crippen molar-refractivity contribution in [3.05, 3.63) is 108 Å². The molecule has 0 radical (unpaired) electrons. The van der Waals surface area contributed by atoms with Gasteiger partial charge in [-0.2, -0.15) is 0 Å². The lowest BCUT2D eigenvalue weighted by molar-refractivity contribution is -0.0546. The van der Waals surface area contributed by atoms with Crippen molar-refractivity contribution in [2.45, 2.75) is 82.8 Å². The first kappa shape index (κ1) is 55.9. The van der Waals surface area contributed by atoms with Gasteiger partial charge in [-0.1, -0.05) is 0 Å². The number of aryl methyl sites for hydroxylation is 1. The lowest BCUT2D eigenvalue weighted by Crippen LogP contribution is -2.61. The van der Waals surface area contributed by atoms with Crippen LogP contribution in [-0.2, 0) is 15.9 Å². The second-order valence-corrected chi connectivity index (χ2v) is 23.6. The van der Waals surface area contributed by atoms with Gasteiger partial charge in [-0.15, -0.1) is 0 Å². The van der Waals surface area contributed by atoms with Gasteiger partial charge < -0.3 is 66.7 Å². The molecular weight excluding hydrogens is 1050 g/mol. The summed E-state index contributed by atoms with van der Waals surface area (Å²) in [6.07, 6.45) is 14.1. The fourth-order valence-electron chi connectivity index (χ4n) is 13.0. The van der Waals surface area contributed by atoms with Gasteiger partial charge >= 0.3 is 0 Å². The molecule has 21 nitrogen and oxygen atoms in total. The van der Waals surface area contributed by atoms with Crippen LogP contribution in [0.5, 0.6) is 0 Å². The standard InChI is InChI=1S/C62H79N17O4/c1-41-37-48(70-61-55(57(64)81)71-52(42-9-21-65-22-10-42)58(73-61)68-45-15-33-82-34-16-45)5-8-51(41)79-25-13-50(14-26-79)77-27-19-62(20-28-77)39-76(40-62)24-12-47-38-43(11-23-66-47)53-59(69-46-17-35-83-36-18-46)74-60(54(72-53)56(63)80)67-44-3-6-49(7-4-44)78-31-29-75(2)30-32-78/h3-11,21-23,37-38,45-46,50H,12-20,24-36,39-40H2,1-2H3,(H2,63,80)(H2,64,81)(H2,67,69,74)(H2,68,70,73). The molecule has 436 valence electrons. The van der Waals surface area contributed by atoms with Crippen molar-refractivity contribution < 1.29 is 19.1 Å². The number of carbonyl (C=O) groups is 2. The fraction of sp³-hybridized carbons (Fsp3) is 0.484. The number of likely N-dealkylation sites (N-methyl/N-ethyl adjacent to an activating group) is 1. The minimum Gasteiger partial charge on any atom is -0.381 e. The summed E-state index contributed by atoms with van der Waals surface area (Å²) in [6.45, 7) is 16.3. The molecule has 21 heteroatoms. The highest BCUT2D eigenvalue weighted by molar-refractivity contribution is 5.98. The van der Waals surface area contributed by atoms with E-state index in [9.17, 15) is 9.59 Å². The van der Waals surface area contributed by atoms with Gasteiger partial charge in [-0.25, -0.2) is 19.9 Å². The summed E-state index contributed by atoms with van der Waals surface area (Å²) in [7, 11) is 2.16. The van der Waals surface area contributed by atoms with Gasteiger partial charge in [0.05, 0.1) is 0 Å². The molecule has 0 bridgehead atoms. The van der Waals surface area contributed by atoms with E-state index < -0.39 is 11.8 Å².